The molecule has 5 heteroatoms. The summed E-state index contributed by atoms with van der Waals surface area (Å²) in [6, 6.07) is 0. The molecular weight excluding hydrogens is 234 g/mol. The fourth-order valence-electron chi connectivity index (χ4n) is 2.17. The van der Waals surface area contributed by atoms with E-state index in [1.165, 1.54) is 9.56 Å². The van der Waals surface area contributed by atoms with Gasteiger partial charge in [-0.25, -0.2) is 4.68 Å². The standard InChI is InChI=1S/C12H13N3OS/c1-4-8-6-15-9-5-13-14(3)11(16)10(9)7(2)12(15)17-8/h5-6H,4H2,1-3H3. The lowest BCUT2D eigenvalue weighted by molar-refractivity contribution is 0.717. The number of hydrogen-bond donors (Lipinski definition) is 0. The molecule has 0 saturated heterocycles. The molecule has 0 atom stereocenters. The van der Waals surface area contributed by atoms with E-state index in [0.29, 0.717) is 0 Å². The van der Waals surface area contributed by atoms with Crippen LogP contribution in [0.3, 0.4) is 0 Å². The summed E-state index contributed by atoms with van der Waals surface area (Å²) in [5.41, 5.74) is 1.96. The summed E-state index contributed by atoms with van der Waals surface area (Å²) in [6.07, 6.45) is 4.89. The van der Waals surface area contributed by atoms with E-state index in [9.17, 15) is 4.79 Å². The Morgan fingerprint density at radius 1 is 1.47 bits per heavy atom. The minimum Gasteiger partial charge on any atom is -0.305 e. The summed E-state index contributed by atoms with van der Waals surface area (Å²) >= 11 is 1.75. The van der Waals surface area contributed by atoms with Crippen molar-refractivity contribution in [2.24, 2.45) is 7.05 Å². The minimum atomic E-state index is -0.0195. The first kappa shape index (κ1) is 10.5. The van der Waals surface area contributed by atoms with E-state index < -0.39 is 0 Å². The molecule has 0 aliphatic rings. The summed E-state index contributed by atoms with van der Waals surface area (Å²) in [5, 5.41) is 4.88. The lowest BCUT2D eigenvalue weighted by Gasteiger charge is -1.96. The molecule has 4 nitrogen and oxygen atoms in total. The molecule has 0 spiro atoms. The van der Waals surface area contributed by atoms with Gasteiger partial charge >= 0.3 is 0 Å². The molecule has 3 heterocycles. The Labute approximate surface area is 102 Å². The first-order valence-electron chi connectivity index (χ1n) is 5.58. The average Bonchev–Trinajstić information content (AvgIpc) is 2.84. The topological polar surface area (TPSA) is 39.3 Å². The van der Waals surface area contributed by atoms with Crippen molar-refractivity contribution < 1.29 is 0 Å². The molecule has 0 aromatic carbocycles. The van der Waals surface area contributed by atoms with E-state index in [0.717, 1.165) is 27.7 Å². The van der Waals surface area contributed by atoms with Crippen LogP contribution in [0.15, 0.2) is 17.2 Å². The van der Waals surface area contributed by atoms with Crippen molar-refractivity contribution in [3.05, 3.63) is 33.2 Å². The van der Waals surface area contributed by atoms with E-state index in [1.807, 2.05) is 6.92 Å². The maximum absolute atomic E-state index is 12.1. The molecule has 0 saturated carbocycles. The zero-order chi connectivity index (χ0) is 12.2. The molecule has 3 aromatic heterocycles. The molecular formula is C12H13N3OS. The smallest absolute Gasteiger partial charge is 0.276 e. The fraction of sp³-hybridized carbons (Fsp3) is 0.333. The highest BCUT2D eigenvalue weighted by atomic mass is 32.1. The Bertz CT molecular complexity index is 778. The molecule has 0 radical (unpaired) electrons. The molecule has 0 N–H and O–H groups in total. The summed E-state index contributed by atoms with van der Waals surface area (Å²) in [5.74, 6) is 0. The molecule has 0 amide bonds. The van der Waals surface area contributed by atoms with Crippen LogP contribution in [-0.4, -0.2) is 14.2 Å². The van der Waals surface area contributed by atoms with Crippen molar-refractivity contribution in [3.63, 3.8) is 0 Å². The van der Waals surface area contributed by atoms with Gasteiger partial charge in [-0.2, -0.15) is 5.10 Å². The van der Waals surface area contributed by atoms with Crippen LogP contribution in [0.1, 0.15) is 17.4 Å². The third-order valence-electron chi connectivity index (χ3n) is 3.14. The van der Waals surface area contributed by atoms with Gasteiger partial charge < -0.3 is 4.40 Å². The van der Waals surface area contributed by atoms with Crippen molar-refractivity contribution >= 4 is 27.1 Å². The molecule has 3 aromatic rings. The monoisotopic (exact) mass is 247 g/mol. The Kier molecular flexibility index (Phi) is 2.13. The predicted molar refractivity (Wildman–Crippen MR) is 69.9 cm³/mol. The van der Waals surface area contributed by atoms with Gasteiger partial charge in [-0.05, 0) is 18.9 Å². The van der Waals surface area contributed by atoms with Crippen molar-refractivity contribution in [1.29, 1.82) is 0 Å². The highest BCUT2D eigenvalue weighted by Crippen LogP contribution is 2.29. The maximum atomic E-state index is 12.1. The first-order valence-corrected chi connectivity index (χ1v) is 6.40. The van der Waals surface area contributed by atoms with Crippen LogP contribution in [0.4, 0.5) is 0 Å². The van der Waals surface area contributed by atoms with Crippen LogP contribution in [0.2, 0.25) is 0 Å². The second kappa shape index (κ2) is 3.43. The lowest BCUT2D eigenvalue weighted by Crippen LogP contribution is -2.19. The normalized spacial score (nSPS) is 11.7. The number of aryl methyl sites for hydroxylation is 3. The van der Waals surface area contributed by atoms with E-state index in [4.69, 9.17) is 0 Å². The quantitative estimate of drug-likeness (QED) is 0.660. The van der Waals surface area contributed by atoms with E-state index in [2.05, 4.69) is 22.6 Å². The number of rotatable bonds is 1. The van der Waals surface area contributed by atoms with Crippen LogP contribution in [0, 0.1) is 6.92 Å². The Morgan fingerprint density at radius 2 is 2.24 bits per heavy atom. The van der Waals surface area contributed by atoms with Gasteiger partial charge in [0.15, 0.2) is 0 Å². The van der Waals surface area contributed by atoms with Crippen LogP contribution >= 0.6 is 11.3 Å². The average molecular weight is 247 g/mol. The van der Waals surface area contributed by atoms with Gasteiger partial charge in [-0.3, -0.25) is 4.79 Å². The highest BCUT2D eigenvalue weighted by Gasteiger charge is 2.15. The summed E-state index contributed by atoms with van der Waals surface area (Å²) < 4.78 is 3.47. The molecule has 88 valence electrons. The molecule has 0 unspecified atom stereocenters. The second-order valence-corrected chi connectivity index (χ2v) is 5.30. The van der Waals surface area contributed by atoms with Gasteiger partial charge in [0.1, 0.15) is 4.83 Å². The van der Waals surface area contributed by atoms with Crippen LogP contribution < -0.4 is 5.56 Å². The number of thiazole rings is 1. The fourth-order valence-corrected chi connectivity index (χ4v) is 3.23. The van der Waals surface area contributed by atoms with Gasteiger partial charge in [-0.1, -0.05) is 6.92 Å². The van der Waals surface area contributed by atoms with E-state index in [1.54, 1.807) is 24.6 Å². The van der Waals surface area contributed by atoms with E-state index in [-0.39, 0.29) is 5.56 Å². The highest BCUT2D eigenvalue weighted by molar-refractivity contribution is 7.17. The number of fused-ring (bicyclic) bond motifs is 3. The van der Waals surface area contributed by atoms with Crippen molar-refractivity contribution in [2.75, 3.05) is 0 Å². The van der Waals surface area contributed by atoms with Gasteiger partial charge in [0.25, 0.3) is 5.56 Å². The third-order valence-corrected chi connectivity index (χ3v) is 4.49. The van der Waals surface area contributed by atoms with Crippen molar-refractivity contribution in [1.82, 2.24) is 14.2 Å². The first-order chi connectivity index (χ1) is 8.13. The number of nitrogens with zero attached hydrogens (tertiary/aromatic N) is 3. The molecule has 0 aliphatic carbocycles. The predicted octanol–water partition coefficient (Wildman–Crippen LogP) is 2.12. The summed E-state index contributed by atoms with van der Waals surface area (Å²) in [4.78, 5) is 14.5. The van der Waals surface area contributed by atoms with Gasteiger partial charge in [0.05, 0.1) is 17.1 Å². The van der Waals surface area contributed by atoms with Crippen LogP contribution in [0.5, 0.6) is 0 Å². The summed E-state index contributed by atoms with van der Waals surface area (Å²) in [7, 11) is 1.68. The molecule has 0 fully saturated rings. The van der Waals surface area contributed by atoms with E-state index >= 15 is 0 Å². The maximum Gasteiger partial charge on any atom is 0.276 e. The molecule has 0 bridgehead atoms. The Hall–Kier alpha value is -1.62. The van der Waals surface area contributed by atoms with Crippen LogP contribution in [-0.2, 0) is 13.5 Å². The molecule has 3 rings (SSSR count). The summed E-state index contributed by atoms with van der Waals surface area (Å²) in [6.45, 7) is 4.15. The molecule has 17 heavy (non-hydrogen) atoms. The van der Waals surface area contributed by atoms with Gasteiger partial charge in [-0.15, -0.1) is 11.3 Å². The van der Waals surface area contributed by atoms with Crippen molar-refractivity contribution in [2.45, 2.75) is 20.3 Å². The Morgan fingerprint density at radius 3 is 2.94 bits per heavy atom. The second-order valence-electron chi connectivity index (χ2n) is 4.18. The number of hydrogen-bond acceptors (Lipinski definition) is 3. The van der Waals surface area contributed by atoms with Gasteiger partial charge in [0, 0.05) is 18.1 Å². The molecule has 0 aliphatic heterocycles. The SMILES string of the molecule is CCc1cn2c(s1)c(C)c1c(=O)n(C)ncc12. The van der Waals surface area contributed by atoms with Crippen molar-refractivity contribution in [3.8, 4) is 0 Å². The lowest BCUT2D eigenvalue weighted by atomic mass is 10.2. The zero-order valence-electron chi connectivity index (χ0n) is 10.0. The zero-order valence-corrected chi connectivity index (χ0v) is 10.8. The largest absolute Gasteiger partial charge is 0.305 e. The van der Waals surface area contributed by atoms with Gasteiger partial charge in [0.2, 0.25) is 0 Å². The van der Waals surface area contributed by atoms with Crippen LogP contribution in [0.25, 0.3) is 15.7 Å². The minimum absolute atomic E-state index is 0.0195. The Balaban J connectivity index is 2.57. The number of aromatic nitrogens is 3. The third kappa shape index (κ3) is 1.29.